The van der Waals surface area contributed by atoms with E-state index in [1.807, 2.05) is 11.9 Å². The molecule has 0 unspecified atom stereocenters. The van der Waals surface area contributed by atoms with Crippen LogP contribution in [0.25, 0.3) is 0 Å². The fourth-order valence-electron chi connectivity index (χ4n) is 1.40. The van der Waals surface area contributed by atoms with Crippen LogP contribution in [0.4, 0.5) is 0 Å². The summed E-state index contributed by atoms with van der Waals surface area (Å²) in [6.07, 6.45) is 3.38. The molecule has 1 aliphatic rings. The Bertz CT molecular complexity index is 388. The Morgan fingerprint density at radius 1 is 1.47 bits per heavy atom. The molecule has 0 saturated heterocycles. The van der Waals surface area contributed by atoms with Crippen molar-refractivity contribution in [1.82, 2.24) is 15.1 Å². The lowest BCUT2D eigenvalue weighted by atomic mass is 10.5. The predicted octanol–water partition coefficient (Wildman–Crippen LogP) is 1.63. The second kappa shape index (κ2) is 6.48. The van der Waals surface area contributed by atoms with Crippen molar-refractivity contribution in [1.29, 1.82) is 0 Å². The van der Waals surface area contributed by atoms with Crippen molar-refractivity contribution in [3.63, 3.8) is 0 Å². The lowest BCUT2D eigenvalue weighted by Crippen LogP contribution is -2.35. The largest absolute Gasteiger partial charge is 0.370 e. The van der Waals surface area contributed by atoms with Gasteiger partial charge in [0.15, 0.2) is 5.96 Å². The second-order valence-corrected chi connectivity index (χ2v) is 5.11. The molecule has 17 heavy (non-hydrogen) atoms. The first-order valence-electron chi connectivity index (χ1n) is 5.54. The van der Waals surface area contributed by atoms with E-state index in [9.17, 15) is 0 Å². The minimum absolute atomic E-state index is 0. The summed E-state index contributed by atoms with van der Waals surface area (Å²) in [5, 5.41) is 10.1. The molecular weight excluding hydrogens is 349 g/mol. The molecule has 1 fully saturated rings. The molecule has 0 aliphatic heterocycles. The summed E-state index contributed by atoms with van der Waals surface area (Å²) in [4.78, 5) is 6.37. The Balaban J connectivity index is 0.00000144. The number of hydrogen-bond acceptors (Lipinski definition) is 4. The highest BCUT2D eigenvalue weighted by molar-refractivity contribution is 14.0. The van der Waals surface area contributed by atoms with Crippen molar-refractivity contribution >= 4 is 41.3 Å². The molecular formula is C10H18IN5S. The molecule has 1 aromatic rings. The van der Waals surface area contributed by atoms with E-state index in [4.69, 9.17) is 5.73 Å². The van der Waals surface area contributed by atoms with Crippen LogP contribution in [-0.4, -0.2) is 34.1 Å². The van der Waals surface area contributed by atoms with Gasteiger partial charge < -0.3 is 10.6 Å². The first-order valence-corrected chi connectivity index (χ1v) is 6.36. The molecule has 5 nitrogen and oxygen atoms in total. The van der Waals surface area contributed by atoms with E-state index in [1.165, 1.54) is 12.8 Å². The summed E-state index contributed by atoms with van der Waals surface area (Å²) in [5.74, 6) is 0.607. The molecule has 7 heteroatoms. The average molecular weight is 367 g/mol. The molecule has 0 atom stereocenters. The highest BCUT2D eigenvalue weighted by Gasteiger charge is 2.27. The molecule has 0 amide bonds. The van der Waals surface area contributed by atoms with Gasteiger partial charge in [-0.3, -0.25) is 0 Å². The van der Waals surface area contributed by atoms with Crippen LogP contribution in [-0.2, 0) is 13.0 Å². The molecule has 0 spiro atoms. The van der Waals surface area contributed by atoms with Crippen LogP contribution < -0.4 is 5.73 Å². The van der Waals surface area contributed by atoms with Crippen molar-refractivity contribution in [2.75, 3.05) is 7.05 Å². The average Bonchev–Trinajstić information content (AvgIpc) is 3.04. The van der Waals surface area contributed by atoms with E-state index >= 15 is 0 Å². The van der Waals surface area contributed by atoms with E-state index in [2.05, 4.69) is 22.1 Å². The predicted molar refractivity (Wildman–Crippen MR) is 80.8 cm³/mol. The number of aliphatic imine (C=N–C) groups is 1. The SMILES string of the molecule is CCc1nnc(CN=C(N)N(C)C2CC2)s1.I. The first-order chi connectivity index (χ1) is 7.70. The van der Waals surface area contributed by atoms with E-state index in [0.29, 0.717) is 18.5 Å². The summed E-state index contributed by atoms with van der Waals surface area (Å²) in [7, 11) is 1.99. The van der Waals surface area contributed by atoms with Crippen LogP contribution in [0.5, 0.6) is 0 Å². The molecule has 1 aromatic heterocycles. The number of aryl methyl sites for hydroxylation is 1. The maximum atomic E-state index is 5.88. The monoisotopic (exact) mass is 367 g/mol. The topological polar surface area (TPSA) is 67.4 Å². The van der Waals surface area contributed by atoms with Crippen LogP contribution in [0, 0.1) is 0 Å². The van der Waals surface area contributed by atoms with Gasteiger partial charge in [-0.1, -0.05) is 18.3 Å². The molecule has 1 saturated carbocycles. The first kappa shape index (κ1) is 14.6. The van der Waals surface area contributed by atoms with Gasteiger partial charge in [-0.05, 0) is 19.3 Å². The Morgan fingerprint density at radius 3 is 2.65 bits per heavy atom. The zero-order valence-electron chi connectivity index (χ0n) is 10.1. The van der Waals surface area contributed by atoms with E-state index in [0.717, 1.165) is 16.4 Å². The number of nitrogens with two attached hydrogens (primary N) is 1. The summed E-state index contributed by atoms with van der Waals surface area (Å²) >= 11 is 1.61. The minimum Gasteiger partial charge on any atom is -0.370 e. The summed E-state index contributed by atoms with van der Waals surface area (Å²) in [6.45, 7) is 2.61. The normalized spacial score (nSPS) is 15.5. The fraction of sp³-hybridized carbons (Fsp3) is 0.700. The zero-order valence-corrected chi connectivity index (χ0v) is 13.2. The Morgan fingerprint density at radius 2 is 2.12 bits per heavy atom. The van der Waals surface area contributed by atoms with E-state index in [-0.39, 0.29) is 24.0 Å². The lowest BCUT2D eigenvalue weighted by Gasteiger charge is -2.16. The van der Waals surface area contributed by atoms with Crippen molar-refractivity contribution in [3.8, 4) is 0 Å². The third kappa shape index (κ3) is 4.06. The van der Waals surface area contributed by atoms with Crippen LogP contribution in [0.3, 0.4) is 0 Å². The van der Waals surface area contributed by atoms with Crippen LogP contribution in [0.1, 0.15) is 29.8 Å². The lowest BCUT2D eigenvalue weighted by molar-refractivity contribution is 0.487. The Kier molecular flexibility index (Phi) is 5.57. The summed E-state index contributed by atoms with van der Waals surface area (Å²) < 4.78 is 0. The van der Waals surface area contributed by atoms with E-state index < -0.39 is 0 Å². The minimum atomic E-state index is 0. The van der Waals surface area contributed by atoms with Crippen molar-refractivity contribution < 1.29 is 0 Å². The Labute approximate surface area is 123 Å². The van der Waals surface area contributed by atoms with Crippen LogP contribution in [0.15, 0.2) is 4.99 Å². The van der Waals surface area contributed by atoms with Crippen molar-refractivity contribution in [2.45, 2.75) is 38.8 Å². The van der Waals surface area contributed by atoms with Gasteiger partial charge >= 0.3 is 0 Å². The highest BCUT2D eigenvalue weighted by Crippen LogP contribution is 2.25. The molecule has 0 bridgehead atoms. The Hall–Kier alpha value is -0.440. The van der Waals surface area contributed by atoms with Crippen molar-refractivity contribution in [2.24, 2.45) is 10.7 Å². The number of guanidine groups is 1. The summed E-state index contributed by atoms with van der Waals surface area (Å²) in [5.41, 5.74) is 5.88. The number of aromatic nitrogens is 2. The van der Waals surface area contributed by atoms with Gasteiger partial charge in [-0.25, -0.2) is 4.99 Å². The highest BCUT2D eigenvalue weighted by atomic mass is 127. The smallest absolute Gasteiger partial charge is 0.191 e. The quantitative estimate of drug-likeness (QED) is 0.499. The fourth-order valence-corrected chi connectivity index (χ4v) is 2.11. The van der Waals surface area contributed by atoms with E-state index in [1.54, 1.807) is 11.3 Å². The van der Waals surface area contributed by atoms with Crippen LogP contribution >= 0.6 is 35.3 Å². The molecule has 2 rings (SSSR count). The van der Waals surface area contributed by atoms with Gasteiger partial charge in [0.2, 0.25) is 0 Å². The van der Waals surface area contributed by atoms with Crippen molar-refractivity contribution in [3.05, 3.63) is 10.0 Å². The standard InChI is InChI=1S/C10H17N5S.HI/c1-3-8-13-14-9(16-8)6-12-10(11)15(2)7-4-5-7;/h7H,3-6H2,1-2H3,(H2,11,12);1H. The van der Waals surface area contributed by atoms with Gasteiger partial charge in [-0.2, -0.15) is 0 Å². The van der Waals surface area contributed by atoms with Crippen LogP contribution in [0.2, 0.25) is 0 Å². The number of rotatable bonds is 4. The van der Waals surface area contributed by atoms with Gasteiger partial charge in [0.05, 0.1) is 6.54 Å². The maximum Gasteiger partial charge on any atom is 0.191 e. The third-order valence-electron chi connectivity index (χ3n) is 2.64. The molecule has 0 radical (unpaired) electrons. The number of hydrogen-bond donors (Lipinski definition) is 1. The van der Waals surface area contributed by atoms with Gasteiger partial charge in [0.25, 0.3) is 0 Å². The number of halogens is 1. The second-order valence-electron chi connectivity index (χ2n) is 3.96. The zero-order chi connectivity index (χ0) is 11.5. The van der Waals surface area contributed by atoms with Gasteiger partial charge in [0.1, 0.15) is 10.0 Å². The van der Waals surface area contributed by atoms with Gasteiger partial charge in [0, 0.05) is 13.1 Å². The molecule has 96 valence electrons. The molecule has 1 heterocycles. The molecule has 2 N–H and O–H groups in total. The summed E-state index contributed by atoms with van der Waals surface area (Å²) in [6, 6.07) is 0.601. The maximum absolute atomic E-state index is 5.88. The molecule has 1 aliphatic carbocycles. The third-order valence-corrected chi connectivity index (χ3v) is 3.70. The number of nitrogens with zero attached hydrogens (tertiary/aromatic N) is 4. The van der Waals surface area contributed by atoms with Gasteiger partial charge in [-0.15, -0.1) is 34.2 Å². The molecule has 0 aromatic carbocycles.